The lowest BCUT2D eigenvalue weighted by atomic mass is 10.1. The minimum absolute atomic E-state index is 0. The average Bonchev–Trinajstić information content (AvgIpc) is 1.64. The van der Waals surface area contributed by atoms with E-state index in [0.717, 1.165) is 0 Å². The van der Waals surface area contributed by atoms with Crippen LogP contribution in [-0.2, 0) is 9.59 Å². The molecule has 3 nitrogen and oxygen atoms in total. The Labute approximate surface area is 52.6 Å². The number of carbonyl (C=O) groups excluding carboxylic acids is 2. The minimum Gasteiger partial charge on any atom is -0.315 e. The molecule has 0 aromatic rings. The Morgan fingerprint density at radius 1 is 1.22 bits per heavy atom. The highest BCUT2D eigenvalue weighted by Crippen LogP contribution is 1.80. The number of ketones is 2. The summed E-state index contributed by atoms with van der Waals surface area (Å²) in [6.45, 7) is 2.60. The van der Waals surface area contributed by atoms with Crippen molar-refractivity contribution >= 4 is 11.6 Å². The maximum Gasteiger partial charge on any atom is 0.154 e. The first-order valence-corrected chi connectivity index (χ1v) is 2.32. The molecule has 0 bridgehead atoms. The monoisotopic (exact) mass is 135 g/mol. The fourth-order valence-electron chi connectivity index (χ4n) is 0.286. The molecule has 0 saturated carbocycles. The largest absolute Gasteiger partial charge is 0.315 e. The summed E-state index contributed by atoms with van der Waals surface area (Å²) in [5, 5.41) is 0. The van der Waals surface area contributed by atoms with Crippen LogP contribution in [0.3, 0.4) is 0 Å². The Kier molecular flexibility index (Phi) is 5.10. The van der Waals surface area contributed by atoms with Gasteiger partial charge in [0, 0.05) is 0 Å². The van der Waals surface area contributed by atoms with E-state index in [9.17, 15) is 9.59 Å². The molecular formula is C5H10FNO2. The van der Waals surface area contributed by atoms with Crippen LogP contribution in [-0.4, -0.2) is 17.6 Å². The first-order chi connectivity index (χ1) is 3.55. The first-order valence-electron chi connectivity index (χ1n) is 2.32. The third kappa shape index (κ3) is 3.78. The molecule has 0 rings (SSSR count). The van der Waals surface area contributed by atoms with E-state index < -0.39 is 6.04 Å². The third-order valence-corrected chi connectivity index (χ3v) is 0.876. The van der Waals surface area contributed by atoms with Gasteiger partial charge in [0.15, 0.2) is 11.6 Å². The van der Waals surface area contributed by atoms with Crippen LogP contribution in [0, 0.1) is 0 Å². The van der Waals surface area contributed by atoms with Crippen molar-refractivity contribution in [2.45, 2.75) is 19.9 Å². The van der Waals surface area contributed by atoms with Gasteiger partial charge in [0.25, 0.3) is 0 Å². The second-order valence-electron chi connectivity index (χ2n) is 1.70. The van der Waals surface area contributed by atoms with Crippen LogP contribution in [0.5, 0.6) is 0 Å². The first kappa shape index (κ1) is 11.1. The standard InChI is InChI=1S/C5H9NO2.FH/c1-3(7)5(6)4(2)8;/h5H,6H2,1-2H3;1H. The van der Waals surface area contributed by atoms with Gasteiger partial charge in [0.05, 0.1) is 0 Å². The summed E-state index contributed by atoms with van der Waals surface area (Å²) in [4.78, 5) is 20.5. The van der Waals surface area contributed by atoms with Crippen LogP contribution in [0.15, 0.2) is 0 Å². The Morgan fingerprint density at radius 3 is 1.44 bits per heavy atom. The van der Waals surface area contributed by atoms with Gasteiger partial charge >= 0.3 is 0 Å². The van der Waals surface area contributed by atoms with E-state index >= 15 is 0 Å². The summed E-state index contributed by atoms with van der Waals surface area (Å²) in [5.41, 5.74) is 5.06. The lowest BCUT2D eigenvalue weighted by Crippen LogP contribution is -2.35. The number of carbonyl (C=O) groups is 2. The molecular weight excluding hydrogens is 125 g/mol. The van der Waals surface area contributed by atoms with E-state index in [1.807, 2.05) is 0 Å². The third-order valence-electron chi connectivity index (χ3n) is 0.876. The van der Waals surface area contributed by atoms with E-state index in [0.29, 0.717) is 0 Å². The normalized spacial score (nSPS) is 8.44. The molecule has 9 heavy (non-hydrogen) atoms. The van der Waals surface area contributed by atoms with Crippen molar-refractivity contribution in [3.05, 3.63) is 0 Å². The van der Waals surface area contributed by atoms with Crippen LogP contribution >= 0.6 is 0 Å². The number of nitrogens with two attached hydrogens (primary N) is 1. The molecule has 0 saturated heterocycles. The molecule has 4 heteroatoms. The molecule has 0 aromatic carbocycles. The number of hydrogen-bond acceptors (Lipinski definition) is 3. The molecule has 2 N–H and O–H groups in total. The Hall–Kier alpha value is -0.770. The van der Waals surface area contributed by atoms with Crippen LogP contribution < -0.4 is 5.73 Å². The van der Waals surface area contributed by atoms with Gasteiger partial charge < -0.3 is 5.73 Å². The van der Waals surface area contributed by atoms with E-state index in [1.54, 1.807) is 0 Å². The van der Waals surface area contributed by atoms with Gasteiger partial charge in [-0.2, -0.15) is 0 Å². The molecule has 0 aliphatic carbocycles. The summed E-state index contributed by atoms with van der Waals surface area (Å²) in [6, 6.07) is -0.907. The van der Waals surface area contributed by atoms with Gasteiger partial charge in [-0.3, -0.25) is 14.3 Å². The van der Waals surface area contributed by atoms with Crippen molar-refractivity contribution in [3.63, 3.8) is 0 Å². The van der Waals surface area contributed by atoms with Gasteiger partial charge in [0.1, 0.15) is 6.04 Å². The summed E-state index contributed by atoms with van der Waals surface area (Å²) in [6.07, 6.45) is 0. The number of halogens is 1. The van der Waals surface area contributed by atoms with Crippen molar-refractivity contribution in [1.82, 2.24) is 0 Å². The fraction of sp³-hybridized carbons (Fsp3) is 0.600. The van der Waals surface area contributed by atoms with E-state index in [1.165, 1.54) is 13.8 Å². The molecule has 0 fully saturated rings. The molecule has 0 atom stereocenters. The highest BCUT2D eigenvalue weighted by atomic mass is 19.0. The second-order valence-corrected chi connectivity index (χ2v) is 1.70. The van der Waals surface area contributed by atoms with Crippen molar-refractivity contribution in [2.75, 3.05) is 0 Å². The lowest BCUT2D eigenvalue weighted by molar-refractivity contribution is -0.126. The van der Waals surface area contributed by atoms with Gasteiger partial charge in [-0.15, -0.1) is 0 Å². The zero-order valence-corrected chi connectivity index (χ0v) is 5.38. The summed E-state index contributed by atoms with van der Waals surface area (Å²) in [5.74, 6) is -0.560. The van der Waals surface area contributed by atoms with Gasteiger partial charge in [0.2, 0.25) is 0 Å². The molecule has 0 spiro atoms. The highest BCUT2D eigenvalue weighted by molar-refractivity contribution is 6.03. The van der Waals surface area contributed by atoms with Gasteiger partial charge in [-0.05, 0) is 13.8 Å². The molecule has 0 amide bonds. The molecule has 0 aliphatic rings. The van der Waals surface area contributed by atoms with Crippen LogP contribution in [0.25, 0.3) is 0 Å². The van der Waals surface area contributed by atoms with Crippen molar-refractivity contribution in [1.29, 1.82) is 0 Å². The van der Waals surface area contributed by atoms with Crippen molar-refractivity contribution in [3.8, 4) is 0 Å². The molecule has 0 heterocycles. The molecule has 0 radical (unpaired) electrons. The van der Waals surface area contributed by atoms with Gasteiger partial charge in [-0.25, -0.2) is 0 Å². The molecule has 0 aromatic heterocycles. The zero-order chi connectivity index (χ0) is 6.73. The topological polar surface area (TPSA) is 60.2 Å². The average molecular weight is 135 g/mol. The number of hydrogen-bond donors (Lipinski definition) is 1. The molecule has 0 unspecified atom stereocenters. The highest BCUT2D eigenvalue weighted by Gasteiger charge is 2.11. The van der Waals surface area contributed by atoms with E-state index in [-0.39, 0.29) is 16.3 Å². The van der Waals surface area contributed by atoms with Crippen molar-refractivity contribution in [2.24, 2.45) is 5.73 Å². The predicted molar refractivity (Wildman–Crippen MR) is 31.8 cm³/mol. The van der Waals surface area contributed by atoms with E-state index in [4.69, 9.17) is 5.73 Å². The maximum atomic E-state index is 10.2. The Morgan fingerprint density at radius 2 is 1.44 bits per heavy atom. The second kappa shape index (κ2) is 4.14. The Balaban J connectivity index is 0. The summed E-state index contributed by atoms with van der Waals surface area (Å²) in [7, 11) is 0. The SMILES string of the molecule is CC(=O)C(N)C(C)=O.F. The smallest absolute Gasteiger partial charge is 0.154 e. The lowest BCUT2D eigenvalue weighted by Gasteiger charge is -1.98. The van der Waals surface area contributed by atoms with Crippen LogP contribution in [0.1, 0.15) is 13.8 Å². The fourth-order valence-corrected chi connectivity index (χ4v) is 0.286. The molecule has 54 valence electrons. The predicted octanol–water partition coefficient (Wildman–Crippen LogP) is -0.356. The van der Waals surface area contributed by atoms with Crippen LogP contribution in [0.2, 0.25) is 0 Å². The number of Topliss-reactive ketones (excluding diaryl/α,β-unsaturated/α-hetero) is 2. The van der Waals surface area contributed by atoms with Gasteiger partial charge in [-0.1, -0.05) is 0 Å². The van der Waals surface area contributed by atoms with Crippen LogP contribution in [0.4, 0.5) is 4.70 Å². The number of rotatable bonds is 2. The summed E-state index contributed by atoms with van der Waals surface area (Å²) >= 11 is 0. The van der Waals surface area contributed by atoms with E-state index in [2.05, 4.69) is 0 Å². The Bertz CT molecular complexity index is 110. The quantitative estimate of drug-likeness (QED) is 0.526. The molecule has 0 aliphatic heterocycles. The minimum atomic E-state index is -0.907. The zero-order valence-electron chi connectivity index (χ0n) is 5.38. The maximum absolute atomic E-state index is 10.2. The van der Waals surface area contributed by atoms with Crippen molar-refractivity contribution < 1.29 is 14.3 Å². The summed E-state index contributed by atoms with van der Waals surface area (Å²) < 4.78 is 0.